The summed E-state index contributed by atoms with van der Waals surface area (Å²) in [6.45, 7) is 0. The van der Waals surface area contributed by atoms with Gasteiger partial charge in [0, 0.05) is 48.5 Å². The van der Waals surface area contributed by atoms with Crippen LogP contribution in [-0.2, 0) is 0 Å². The van der Waals surface area contributed by atoms with Crippen LogP contribution in [0.4, 0.5) is 0 Å². The van der Waals surface area contributed by atoms with Gasteiger partial charge in [-0.3, -0.25) is 0 Å². The fourth-order valence-electron chi connectivity index (χ4n) is 17.3. The van der Waals surface area contributed by atoms with Crippen molar-refractivity contribution < 1.29 is 127 Å². The highest BCUT2D eigenvalue weighted by Gasteiger charge is 2.26. The largest absolute Gasteiger partial charge is 0.455 e. The van der Waals surface area contributed by atoms with Crippen LogP contribution in [0.2, 0.25) is 0 Å². The Morgan fingerprint density at radius 1 is 0.121 bits per heavy atom. The average molecular weight is 1870 g/mol. The van der Waals surface area contributed by atoms with E-state index in [1.807, 2.05) is 0 Å². The normalized spacial score (nSPS) is 20.1. The number of hydrogen-bond donors (Lipinski definition) is 0. The highest BCUT2D eigenvalue weighted by Crippen LogP contribution is 2.53. The first kappa shape index (κ1) is 33.4. The van der Waals surface area contributed by atoms with Crippen LogP contribution in [0.15, 0.2) is 521 Å². The molecule has 0 fully saturated rings. The second kappa shape index (κ2) is 33.2. The number of fused-ring (bicyclic) bond motifs is 24. The Kier molecular flexibility index (Phi) is 7.87. The van der Waals surface area contributed by atoms with Crippen molar-refractivity contribution in [1.82, 2.24) is 0 Å². The molecule has 0 aliphatic carbocycles. The van der Waals surface area contributed by atoms with Gasteiger partial charge in [-0.1, -0.05) is 417 Å². The molecule has 0 saturated heterocycles. The van der Waals surface area contributed by atoms with Gasteiger partial charge in [0.05, 0.1) is 114 Å². The lowest BCUT2D eigenvalue weighted by Gasteiger charge is -2.19. The molecule has 3 heteroatoms. The molecule has 30 aromatic rings. The fourth-order valence-corrected chi connectivity index (χ4v) is 17.3. The second-order valence-corrected chi connectivity index (χ2v) is 30.9. The summed E-state index contributed by atoms with van der Waals surface area (Å²) in [5.41, 5.74) is -16.9. The summed E-state index contributed by atoms with van der Waals surface area (Å²) in [7, 11) is 0. The topological polar surface area (TPSA) is 39.4 Å². The first-order valence-electron chi connectivity index (χ1n) is 83.3. The lowest BCUT2D eigenvalue weighted by Crippen LogP contribution is -1.92. The SMILES string of the molecule is [2H]c1c([2H])c([2H])c(-c2c([2H])c(-c3c4c([2H])c([2H])c([2H])c([2H])c4c(-c4c([2H])c([2H])c5oc6c7c([2H])c([2H])c([2H])c([2H])c7c([2H])c([2H])c6c5c4[2H])c4c([2H])c([2H])c([2H])c([2H])c34)c([2H])c3c([2H])c([2H])c([2H])c([2H])c23)c([2H])c1[2H].[2H]c1c([2H])c([2H])c(-c2c([2H])c(-c3c4c([2H])c([2H])c([2H])c([2H])c4c(-c4c([2H])c([2H])c5oc6c7c([2H])c([2H])c([2H])c([2H])c7c([2H])c([2H])c6c5c4[2H])c4c([2H])c([2H])c([2H])c([2H])c34)c3c([2H])c([2H])c([2H])c([2H])c3c2[2H])c([2H])c1[2H].[2H]c1cc2c([2H])c(-c3c([2H])c([2H])c([2H])c([2H])c3[2H])c([2H])c([2H])c2c([2H])c1-c1c2c([2H])c([2H])c([2H])c([2H])c2c(-c2c([2H])c([2H])c3oc4c5c([2H])c([2H])c([2H])c([2H])c5c([2H])c([2H])c4c3c2[2H])c2c([2H])c([2H])c([2H])c([2H])c12. The van der Waals surface area contributed by atoms with Gasteiger partial charge >= 0.3 is 0 Å². The number of rotatable bonds is 9. The lowest BCUT2D eigenvalue weighted by molar-refractivity contribution is 0.672. The van der Waals surface area contributed by atoms with Gasteiger partial charge in [-0.15, -0.1) is 0 Å². The minimum atomic E-state index is -1.08. The zero-order valence-corrected chi connectivity index (χ0v) is 70.3. The first-order chi connectivity index (χ1) is 105. The molecule has 0 unspecified atom stereocenters. The molecule has 0 radical (unpaired) electrons. The molecule has 0 aliphatic rings. The smallest absolute Gasteiger partial charge is 0.143 e. The summed E-state index contributed by atoms with van der Waals surface area (Å²) in [5.74, 6) is 0. The van der Waals surface area contributed by atoms with E-state index in [2.05, 4.69) is 0 Å². The molecule has 30 rings (SSSR count). The molecule has 0 atom stereocenters. The quantitative estimate of drug-likeness (QED) is 0.135. The lowest BCUT2D eigenvalue weighted by atomic mass is 9.83. The van der Waals surface area contributed by atoms with Crippen molar-refractivity contribution in [2.75, 3.05) is 0 Å². The van der Waals surface area contributed by atoms with E-state index in [4.69, 9.17) is 85.9 Å². The van der Waals surface area contributed by atoms with Crippen LogP contribution in [0.3, 0.4) is 0 Å². The van der Waals surface area contributed by atoms with Crippen molar-refractivity contribution in [3.63, 3.8) is 0 Å². The van der Waals surface area contributed by atoms with Crippen molar-refractivity contribution in [3.05, 3.63) is 508 Å². The summed E-state index contributed by atoms with van der Waals surface area (Å²) < 4.78 is 766. The van der Waals surface area contributed by atoms with Gasteiger partial charge in [0.25, 0.3) is 0 Å². The molecular weight excluding hydrogens is 1710 g/mol. The average Bonchev–Trinajstić information content (AvgIpc) is 0.989. The Bertz CT molecular complexity index is 15600. The van der Waals surface area contributed by atoms with E-state index in [0.717, 1.165) is 6.07 Å². The van der Waals surface area contributed by atoms with Crippen LogP contribution >= 0.6 is 0 Å². The first-order valence-corrected chi connectivity index (χ1v) is 41.8. The predicted molar refractivity (Wildman–Crippen MR) is 600 cm³/mol. The van der Waals surface area contributed by atoms with Crippen LogP contribution < -0.4 is 0 Å². The van der Waals surface area contributed by atoms with E-state index in [1.54, 1.807) is 0 Å². The standard InChI is InChI=1S/3C46H28O/c1-2-12-29(13-3-1)41-28-33(26-31-15-5-6-16-34(31)41)45-38-20-10-8-18-36(38)44(37-19-9-11-21-39(37)45)32-23-25-43-42(27-32)40-24-22-30-14-4-7-17-35(30)46(40)47-43;1-2-12-29(13-3-1)33-26-31-15-5-6-16-34(31)42(28-33)45-38-20-10-8-18-36(38)44(37-19-9-11-21-39(37)45)32-23-25-43-41(27-32)40-24-22-30-14-4-7-17-35(30)46(40)47-43;1-2-10-29(11-3-1)31-18-19-33-27-34(21-20-32(33)26-31)44-37-14-6-8-16-39(37)45(40-17-9-7-15-38(40)44)35-23-25-43-42(28-35)41-24-22-30-12-4-5-13-36(30)46(41)47-43/h3*1-28H/i2*1D,2D,3D,4D,5D,6D,7D,8D,9D,10D,11D,12D,13D,14D,15D,16D,17D,18D,19D,20D,21D,22D,23D,24D,25D,26D,27D,28D;1D,2D,3D,4D,5D,6D,7D,8D,9D,10D,11D,12D,13D,14D,15D,16D,17D,18D,19D,21D,22D,23D,24D,25D,26D,27D,28D. The van der Waals surface area contributed by atoms with E-state index in [0.29, 0.717) is 0 Å². The monoisotopic (exact) mass is 1870 g/mol. The van der Waals surface area contributed by atoms with Crippen LogP contribution in [0, 0.1) is 0 Å². The summed E-state index contributed by atoms with van der Waals surface area (Å²) >= 11 is 0. The third kappa shape index (κ3) is 13.5. The summed E-state index contributed by atoms with van der Waals surface area (Å²) in [6, 6.07) is -74.4. The molecule has 3 nitrogen and oxygen atoms in total. The minimum Gasteiger partial charge on any atom is -0.455 e. The van der Waals surface area contributed by atoms with E-state index in [-0.39, 0.29) is 0 Å². The maximum atomic E-state index is 9.96. The minimum absolute atomic E-state index is 0.400. The Hall–Kier alpha value is -18.5. The van der Waals surface area contributed by atoms with Crippen LogP contribution in [0.5, 0.6) is 0 Å². The van der Waals surface area contributed by atoms with Gasteiger partial charge < -0.3 is 13.3 Å². The van der Waals surface area contributed by atoms with E-state index in [9.17, 15) is 41.1 Å². The highest BCUT2D eigenvalue weighted by molar-refractivity contribution is 6.29. The van der Waals surface area contributed by atoms with Gasteiger partial charge in [-0.2, -0.15) is 0 Å². The molecule has 3 aromatic heterocycles. The van der Waals surface area contributed by atoms with Crippen molar-refractivity contribution in [2.24, 2.45) is 0 Å². The zero-order chi connectivity index (χ0) is 165. The van der Waals surface area contributed by atoms with Crippen molar-refractivity contribution >= 4 is 195 Å². The van der Waals surface area contributed by atoms with Gasteiger partial charge in [-0.05, 0) is 304 Å². The fraction of sp³-hybridized carbons (Fsp3) is 0. The highest BCUT2D eigenvalue weighted by atomic mass is 16.3. The van der Waals surface area contributed by atoms with Crippen molar-refractivity contribution in [2.45, 2.75) is 0 Å². The number of hydrogen-bond acceptors (Lipinski definition) is 3. The predicted octanol–water partition coefficient (Wildman–Crippen LogP) is 39.6. The molecule has 0 saturated carbocycles. The van der Waals surface area contributed by atoms with Gasteiger partial charge in [0.2, 0.25) is 0 Å². The Morgan fingerprint density at radius 2 is 0.376 bits per heavy atom. The molecular formula is C138H84O3. The molecule has 141 heavy (non-hydrogen) atoms. The molecule has 0 spiro atoms. The van der Waals surface area contributed by atoms with Crippen molar-refractivity contribution in [1.29, 1.82) is 0 Å². The molecule has 0 amide bonds. The van der Waals surface area contributed by atoms with Gasteiger partial charge in [0.15, 0.2) is 0 Å². The van der Waals surface area contributed by atoms with Gasteiger partial charge in [-0.25, -0.2) is 0 Å². The molecule has 654 valence electrons. The molecule has 0 bridgehead atoms. The summed E-state index contributed by atoms with van der Waals surface area (Å²) in [4.78, 5) is 0. The molecule has 27 aromatic carbocycles. The van der Waals surface area contributed by atoms with Crippen LogP contribution in [-0.4, -0.2) is 0 Å². The Balaban J connectivity index is 0.000000145. The van der Waals surface area contributed by atoms with E-state index in [1.165, 1.54) is 0 Å². The maximum absolute atomic E-state index is 9.96. The zero-order valence-electron chi connectivity index (χ0n) is 153. The Labute approximate surface area is 928 Å². The molecule has 0 N–H and O–H groups in total. The van der Waals surface area contributed by atoms with Gasteiger partial charge in [0.1, 0.15) is 33.5 Å². The number of benzene rings is 27. The van der Waals surface area contributed by atoms with Crippen molar-refractivity contribution in [3.8, 4) is 100 Å². The van der Waals surface area contributed by atoms with Crippen LogP contribution in [0.25, 0.3) is 295 Å². The maximum Gasteiger partial charge on any atom is 0.143 e. The molecule has 3 heterocycles. The number of furan rings is 3. The molecule has 0 aliphatic heterocycles. The van der Waals surface area contributed by atoms with E-state index < -0.39 is 797 Å². The van der Waals surface area contributed by atoms with E-state index >= 15 is 0 Å². The van der Waals surface area contributed by atoms with Crippen LogP contribution in [0.1, 0.15) is 114 Å². The third-order valence-corrected chi connectivity index (χ3v) is 23.3. The summed E-state index contributed by atoms with van der Waals surface area (Å²) in [5, 5.41) is -18.4. The Morgan fingerprint density at radius 3 is 0.752 bits per heavy atom. The third-order valence-electron chi connectivity index (χ3n) is 23.3. The second-order valence-electron chi connectivity index (χ2n) is 30.9. The summed E-state index contributed by atoms with van der Waals surface area (Å²) in [6.07, 6.45) is 0.